The molecule has 1 fully saturated rings. The highest BCUT2D eigenvalue weighted by atomic mass is 32.1. The topological polar surface area (TPSA) is 36.3 Å². The lowest BCUT2D eigenvalue weighted by Crippen LogP contribution is -2.29. The van der Waals surface area contributed by atoms with Crippen LogP contribution in [0.2, 0.25) is 0 Å². The number of pyridine rings is 1. The molecule has 1 aliphatic heterocycles. The van der Waals surface area contributed by atoms with Gasteiger partial charge in [-0.2, -0.15) is 0 Å². The average Bonchev–Trinajstić information content (AvgIpc) is 3.23. The minimum absolute atomic E-state index is 0.0157. The van der Waals surface area contributed by atoms with Crippen molar-refractivity contribution in [2.45, 2.75) is 39.4 Å². The van der Waals surface area contributed by atoms with E-state index in [2.05, 4.69) is 95.9 Å². The molecule has 0 amide bonds. The first kappa shape index (κ1) is 20.4. The highest BCUT2D eigenvalue weighted by molar-refractivity contribution is 7.80. The number of thiocarbonyl (C=S) groups is 1. The van der Waals surface area contributed by atoms with Crippen LogP contribution in [0.15, 0.2) is 54.7 Å². The molecule has 0 aliphatic carbocycles. The minimum Gasteiger partial charge on any atom is -0.378 e. The predicted molar refractivity (Wildman–Crippen MR) is 128 cm³/mol. The summed E-state index contributed by atoms with van der Waals surface area (Å²) in [6.45, 7) is 7.52. The normalized spacial score (nSPS) is 18.6. The lowest BCUT2D eigenvalue weighted by Gasteiger charge is -2.28. The molecule has 156 valence electrons. The van der Waals surface area contributed by atoms with E-state index in [1.807, 2.05) is 18.3 Å². The van der Waals surface area contributed by atoms with Crippen molar-refractivity contribution in [1.82, 2.24) is 14.9 Å². The van der Waals surface area contributed by atoms with Crippen molar-refractivity contribution in [2.75, 3.05) is 23.9 Å². The number of aryl methyl sites for hydroxylation is 1. The molecule has 5 nitrogen and oxygen atoms in total. The van der Waals surface area contributed by atoms with Gasteiger partial charge in [0.2, 0.25) is 0 Å². The summed E-state index contributed by atoms with van der Waals surface area (Å²) in [5.41, 5.74) is 7.09. The van der Waals surface area contributed by atoms with E-state index in [0.29, 0.717) is 0 Å². The van der Waals surface area contributed by atoms with E-state index >= 15 is 0 Å². The molecule has 6 heteroatoms. The third-order valence-electron chi connectivity index (χ3n) is 5.99. The summed E-state index contributed by atoms with van der Waals surface area (Å²) in [6.07, 6.45) is 1.85. The zero-order valence-electron chi connectivity index (χ0n) is 18.3. The van der Waals surface area contributed by atoms with Crippen molar-refractivity contribution in [2.24, 2.45) is 0 Å². The van der Waals surface area contributed by atoms with Crippen LogP contribution in [0.25, 0.3) is 0 Å². The van der Waals surface area contributed by atoms with E-state index in [4.69, 9.17) is 12.2 Å². The van der Waals surface area contributed by atoms with Crippen molar-refractivity contribution in [3.05, 3.63) is 77.4 Å². The molecular weight excluding hydrogens is 390 g/mol. The molecule has 0 spiro atoms. The lowest BCUT2D eigenvalue weighted by molar-refractivity contribution is 0.563. The first-order valence-electron chi connectivity index (χ1n) is 10.4. The summed E-state index contributed by atoms with van der Waals surface area (Å²) >= 11 is 5.84. The number of hydrogen-bond acceptors (Lipinski definition) is 3. The van der Waals surface area contributed by atoms with Crippen LogP contribution in [0.4, 0.5) is 11.4 Å². The van der Waals surface area contributed by atoms with Gasteiger partial charge < -0.3 is 19.7 Å². The lowest BCUT2D eigenvalue weighted by atomic mass is 9.96. The van der Waals surface area contributed by atoms with Gasteiger partial charge in [0.1, 0.15) is 0 Å². The van der Waals surface area contributed by atoms with Crippen LogP contribution in [0, 0.1) is 13.8 Å². The van der Waals surface area contributed by atoms with Crippen LogP contribution < -0.4 is 15.1 Å². The Hall–Kier alpha value is -2.86. The number of aromatic nitrogens is 2. The molecule has 3 aromatic rings. The Morgan fingerprint density at radius 1 is 1.10 bits per heavy atom. The second-order valence-electron chi connectivity index (χ2n) is 7.98. The van der Waals surface area contributed by atoms with E-state index in [9.17, 15) is 0 Å². The Morgan fingerprint density at radius 3 is 2.40 bits per heavy atom. The van der Waals surface area contributed by atoms with Gasteiger partial charge in [-0.05, 0) is 81.0 Å². The molecule has 1 aromatic carbocycles. The molecule has 30 heavy (non-hydrogen) atoms. The van der Waals surface area contributed by atoms with Crippen LogP contribution in [-0.4, -0.2) is 28.8 Å². The van der Waals surface area contributed by atoms with Crippen molar-refractivity contribution in [1.29, 1.82) is 0 Å². The monoisotopic (exact) mass is 419 g/mol. The van der Waals surface area contributed by atoms with E-state index in [1.54, 1.807) is 0 Å². The summed E-state index contributed by atoms with van der Waals surface area (Å²) in [5, 5.41) is 4.28. The van der Waals surface area contributed by atoms with Crippen LogP contribution in [-0.2, 0) is 6.54 Å². The first-order valence-corrected chi connectivity index (χ1v) is 10.8. The maximum absolute atomic E-state index is 5.84. The van der Waals surface area contributed by atoms with Gasteiger partial charge in [-0.15, -0.1) is 0 Å². The molecule has 4 rings (SSSR count). The molecule has 0 radical (unpaired) electrons. The molecule has 0 unspecified atom stereocenters. The first-order chi connectivity index (χ1) is 14.4. The van der Waals surface area contributed by atoms with Crippen LogP contribution >= 0.6 is 12.2 Å². The molecule has 0 bridgehead atoms. The van der Waals surface area contributed by atoms with Crippen LogP contribution in [0.3, 0.4) is 0 Å². The highest BCUT2D eigenvalue weighted by Crippen LogP contribution is 2.43. The van der Waals surface area contributed by atoms with Crippen LogP contribution in [0.5, 0.6) is 0 Å². The largest absolute Gasteiger partial charge is 0.378 e. The fraction of sp³-hybridized carbons (Fsp3) is 0.333. The summed E-state index contributed by atoms with van der Waals surface area (Å²) in [4.78, 5) is 9.00. The summed E-state index contributed by atoms with van der Waals surface area (Å²) in [7, 11) is 4.10. The van der Waals surface area contributed by atoms with Crippen molar-refractivity contribution < 1.29 is 0 Å². The Balaban J connectivity index is 1.84. The van der Waals surface area contributed by atoms with Crippen molar-refractivity contribution >= 4 is 28.7 Å². The quantitative estimate of drug-likeness (QED) is 0.603. The van der Waals surface area contributed by atoms with E-state index in [-0.39, 0.29) is 12.1 Å². The van der Waals surface area contributed by atoms with Gasteiger partial charge in [0.15, 0.2) is 5.11 Å². The van der Waals surface area contributed by atoms with E-state index in [0.717, 1.165) is 23.0 Å². The number of benzene rings is 1. The molecule has 2 atom stereocenters. The van der Waals surface area contributed by atoms with Gasteiger partial charge in [0.25, 0.3) is 0 Å². The molecular formula is C24H29N5S. The van der Waals surface area contributed by atoms with E-state index < -0.39 is 0 Å². The molecule has 1 N–H and O–H groups in total. The van der Waals surface area contributed by atoms with Gasteiger partial charge in [-0.3, -0.25) is 4.98 Å². The van der Waals surface area contributed by atoms with Crippen LogP contribution in [0.1, 0.15) is 41.7 Å². The Labute approximate surface area is 184 Å². The fourth-order valence-corrected chi connectivity index (χ4v) is 4.82. The summed E-state index contributed by atoms with van der Waals surface area (Å²) in [6, 6.07) is 17.0. The van der Waals surface area contributed by atoms with Gasteiger partial charge in [-0.1, -0.05) is 6.07 Å². The van der Waals surface area contributed by atoms with Gasteiger partial charge in [0.05, 0.1) is 17.8 Å². The minimum atomic E-state index is -0.0157. The predicted octanol–water partition coefficient (Wildman–Crippen LogP) is 4.76. The number of nitrogens with one attached hydrogen (secondary N) is 1. The number of nitrogens with zero attached hydrogens (tertiary/aromatic N) is 4. The zero-order valence-corrected chi connectivity index (χ0v) is 19.1. The number of anilines is 2. The van der Waals surface area contributed by atoms with E-state index in [1.165, 1.54) is 22.6 Å². The summed E-state index contributed by atoms with van der Waals surface area (Å²) in [5.74, 6) is 0. The molecule has 0 saturated carbocycles. The third-order valence-corrected chi connectivity index (χ3v) is 6.30. The second kappa shape index (κ2) is 8.11. The SMILES string of the molecule is CCn1c(C)cc([C@@H]2[C@H](c3ccccn3)NC(=S)N2c2ccc(N(C)C)cc2)c1C. The van der Waals surface area contributed by atoms with Gasteiger partial charge in [0, 0.05) is 49.6 Å². The molecule has 2 aromatic heterocycles. The summed E-state index contributed by atoms with van der Waals surface area (Å²) < 4.78 is 2.36. The maximum Gasteiger partial charge on any atom is 0.174 e. The number of hydrogen-bond donors (Lipinski definition) is 1. The van der Waals surface area contributed by atoms with Gasteiger partial charge in [-0.25, -0.2) is 0 Å². The third kappa shape index (κ3) is 3.45. The highest BCUT2D eigenvalue weighted by Gasteiger charge is 2.42. The Kier molecular flexibility index (Phi) is 5.52. The molecule has 3 heterocycles. The standard InChI is InChI=1S/C24H29N5S/c1-6-28-16(2)15-20(17(28)3)23-22(21-9-7-8-14-25-21)26-24(30)29(23)19-12-10-18(11-13-19)27(4)5/h7-15,22-23H,6H2,1-5H3,(H,26,30)/t22-,23+/m0/s1. The zero-order chi connectivity index (χ0) is 21.4. The average molecular weight is 420 g/mol. The molecule has 1 saturated heterocycles. The number of rotatable bonds is 5. The smallest absolute Gasteiger partial charge is 0.174 e. The molecule has 1 aliphatic rings. The second-order valence-corrected chi connectivity index (χ2v) is 8.36. The van der Waals surface area contributed by atoms with Crippen molar-refractivity contribution in [3.8, 4) is 0 Å². The Morgan fingerprint density at radius 2 is 1.83 bits per heavy atom. The maximum atomic E-state index is 5.84. The van der Waals surface area contributed by atoms with Crippen molar-refractivity contribution in [3.63, 3.8) is 0 Å². The van der Waals surface area contributed by atoms with Gasteiger partial charge >= 0.3 is 0 Å². The fourth-order valence-electron chi connectivity index (χ4n) is 4.47. The Bertz CT molecular complexity index is 1040.